The van der Waals surface area contributed by atoms with Gasteiger partial charge in [0.1, 0.15) is 10.6 Å². The number of hydrogen-bond acceptors (Lipinski definition) is 3. The van der Waals surface area contributed by atoms with Gasteiger partial charge >= 0.3 is 6.36 Å². The van der Waals surface area contributed by atoms with Gasteiger partial charge in [-0.15, -0.1) is 13.2 Å². The number of ether oxygens (including phenoxy) is 1. The van der Waals surface area contributed by atoms with Crippen molar-refractivity contribution >= 4 is 10.0 Å². The van der Waals surface area contributed by atoms with Gasteiger partial charge in [-0.2, -0.15) is 4.31 Å². The first kappa shape index (κ1) is 17.5. The standard InChI is InChI=1S/C13H16F3NO3S/c1-4-17(9-10(2)3)21(18,19)12-8-6-5-7-11(12)20-13(14,15)16/h5-8H,2,4,9H2,1,3H3. The van der Waals surface area contributed by atoms with E-state index in [-0.39, 0.29) is 13.1 Å². The van der Waals surface area contributed by atoms with Crippen LogP contribution in [-0.4, -0.2) is 32.2 Å². The summed E-state index contributed by atoms with van der Waals surface area (Å²) < 4.78 is 66.8. The summed E-state index contributed by atoms with van der Waals surface area (Å²) in [5.41, 5.74) is 0.578. The number of halogens is 3. The average Bonchev–Trinajstić information content (AvgIpc) is 2.34. The fraction of sp³-hybridized carbons (Fsp3) is 0.385. The largest absolute Gasteiger partial charge is 0.573 e. The van der Waals surface area contributed by atoms with Crippen molar-refractivity contribution in [1.82, 2.24) is 4.31 Å². The fourth-order valence-electron chi connectivity index (χ4n) is 1.68. The lowest BCUT2D eigenvalue weighted by Gasteiger charge is -2.22. The van der Waals surface area contributed by atoms with Crippen LogP contribution in [0.3, 0.4) is 0 Å². The molecule has 0 aliphatic rings. The lowest BCUT2D eigenvalue weighted by molar-refractivity contribution is -0.275. The summed E-state index contributed by atoms with van der Waals surface area (Å²) in [4.78, 5) is -0.523. The maximum atomic E-state index is 12.4. The van der Waals surface area contributed by atoms with E-state index in [4.69, 9.17) is 0 Å². The van der Waals surface area contributed by atoms with Crippen LogP contribution >= 0.6 is 0 Å². The molecule has 0 fully saturated rings. The van der Waals surface area contributed by atoms with Gasteiger partial charge in [0.25, 0.3) is 0 Å². The van der Waals surface area contributed by atoms with E-state index in [1.54, 1.807) is 13.8 Å². The molecule has 0 aromatic heterocycles. The Labute approximate surface area is 121 Å². The molecule has 0 N–H and O–H groups in total. The van der Waals surface area contributed by atoms with E-state index in [9.17, 15) is 21.6 Å². The van der Waals surface area contributed by atoms with Crippen molar-refractivity contribution in [1.29, 1.82) is 0 Å². The predicted octanol–water partition coefficient (Wildman–Crippen LogP) is 3.17. The number of alkyl halides is 3. The molecule has 0 unspecified atom stereocenters. The molecular formula is C13H16F3NO3S. The second kappa shape index (κ2) is 6.48. The Morgan fingerprint density at radius 1 is 1.33 bits per heavy atom. The number of rotatable bonds is 6. The first-order valence-corrected chi connectivity index (χ1v) is 7.51. The number of sulfonamides is 1. The van der Waals surface area contributed by atoms with Crippen LogP contribution in [0.5, 0.6) is 5.75 Å². The van der Waals surface area contributed by atoms with Crippen LogP contribution in [0.1, 0.15) is 13.8 Å². The van der Waals surface area contributed by atoms with Gasteiger partial charge in [-0.25, -0.2) is 8.42 Å². The van der Waals surface area contributed by atoms with Crippen LogP contribution in [0.4, 0.5) is 13.2 Å². The molecule has 0 atom stereocenters. The maximum absolute atomic E-state index is 12.4. The summed E-state index contributed by atoms with van der Waals surface area (Å²) in [6.45, 7) is 6.97. The molecule has 0 aliphatic heterocycles. The summed E-state index contributed by atoms with van der Waals surface area (Å²) in [7, 11) is -4.10. The highest BCUT2D eigenvalue weighted by Crippen LogP contribution is 2.31. The van der Waals surface area contributed by atoms with Crippen molar-refractivity contribution in [3.8, 4) is 5.75 Å². The molecule has 4 nitrogen and oxygen atoms in total. The topological polar surface area (TPSA) is 46.6 Å². The van der Waals surface area contributed by atoms with Crippen molar-refractivity contribution < 1.29 is 26.3 Å². The highest BCUT2D eigenvalue weighted by atomic mass is 32.2. The lowest BCUT2D eigenvalue weighted by atomic mass is 10.3. The van der Waals surface area contributed by atoms with E-state index in [1.807, 2.05) is 0 Å². The monoisotopic (exact) mass is 323 g/mol. The molecule has 8 heteroatoms. The smallest absolute Gasteiger partial charge is 0.404 e. The highest BCUT2D eigenvalue weighted by Gasteiger charge is 2.35. The molecular weight excluding hydrogens is 307 g/mol. The third kappa shape index (κ3) is 4.75. The van der Waals surface area contributed by atoms with Crippen LogP contribution in [0.25, 0.3) is 0 Å². The quantitative estimate of drug-likeness (QED) is 0.756. The molecule has 0 amide bonds. The molecule has 0 spiro atoms. The zero-order chi connectivity index (χ0) is 16.3. The first-order chi connectivity index (χ1) is 9.58. The van der Waals surface area contributed by atoms with Gasteiger partial charge in [-0.3, -0.25) is 0 Å². The summed E-state index contributed by atoms with van der Waals surface area (Å²) >= 11 is 0. The number of benzene rings is 1. The van der Waals surface area contributed by atoms with Gasteiger partial charge in [0.05, 0.1) is 0 Å². The molecule has 0 bridgehead atoms. The van der Waals surface area contributed by atoms with Crippen molar-refractivity contribution in [3.05, 3.63) is 36.4 Å². The van der Waals surface area contributed by atoms with E-state index in [0.29, 0.717) is 5.57 Å². The van der Waals surface area contributed by atoms with Crippen LogP contribution in [0.15, 0.2) is 41.3 Å². The molecule has 118 valence electrons. The molecule has 0 saturated carbocycles. The predicted molar refractivity (Wildman–Crippen MR) is 72.4 cm³/mol. The third-order valence-corrected chi connectivity index (χ3v) is 4.45. The molecule has 21 heavy (non-hydrogen) atoms. The van der Waals surface area contributed by atoms with Gasteiger partial charge in [0, 0.05) is 13.1 Å². The Bertz CT molecular complexity index is 611. The van der Waals surface area contributed by atoms with E-state index in [1.165, 1.54) is 12.1 Å². The van der Waals surface area contributed by atoms with Crippen molar-refractivity contribution in [3.63, 3.8) is 0 Å². The Balaban J connectivity index is 3.28. The fourth-order valence-corrected chi connectivity index (χ4v) is 3.30. The molecule has 0 heterocycles. The zero-order valence-corrected chi connectivity index (χ0v) is 12.5. The summed E-state index contributed by atoms with van der Waals surface area (Å²) in [5, 5.41) is 0. The molecule has 1 rings (SSSR count). The Hall–Kier alpha value is -1.54. The number of para-hydroxylation sites is 1. The number of nitrogens with zero attached hydrogens (tertiary/aromatic N) is 1. The minimum Gasteiger partial charge on any atom is -0.404 e. The summed E-state index contributed by atoms with van der Waals surface area (Å²) in [6, 6.07) is 4.66. The van der Waals surface area contributed by atoms with Crippen molar-refractivity contribution in [2.45, 2.75) is 25.1 Å². The van der Waals surface area contributed by atoms with Crippen LogP contribution in [0.2, 0.25) is 0 Å². The molecule has 0 saturated heterocycles. The normalized spacial score (nSPS) is 12.5. The Morgan fingerprint density at radius 3 is 2.38 bits per heavy atom. The minimum absolute atomic E-state index is 0.0270. The van der Waals surface area contributed by atoms with Crippen molar-refractivity contribution in [2.24, 2.45) is 0 Å². The second-order valence-electron chi connectivity index (χ2n) is 4.38. The molecule has 1 aromatic carbocycles. The molecule has 0 radical (unpaired) electrons. The van der Waals surface area contributed by atoms with E-state index >= 15 is 0 Å². The summed E-state index contributed by atoms with van der Waals surface area (Å²) in [6.07, 6.45) is -4.96. The van der Waals surface area contributed by atoms with E-state index in [0.717, 1.165) is 16.4 Å². The van der Waals surface area contributed by atoms with Crippen molar-refractivity contribution in [2.75, 3.05) is 13.1 Å². The van der Waals surface area contributed by atoms with Crippen LogP contribution < -0.4 is 4.74 Å². The Morgan fingerprint density at radius 2 is 1.90 bits per heavy atom. The van der Waals surface area contributed by atoms with Gasteiger partial charge in [-0.1, -0.05) is 31.2 Å². The minimum atomic E-state index is -4.96. The average molecular weight is 323 g/mol. The first-order valence-electron chi connectivity index (χ1n) is 6.07. The van der Waals surface area contributed by atoms with E-state index in [2.05, 4.69) is 11.3 Å². The summed E-state index contributed by atoms with van der Waals surface area (Å²) in [5.74, 6) is -0.745. The van der Waals surface area contributed by atoms with Gasteiger partial charge < -0.3 is 4.74 Å². The number of likely N-dealkylation sites (N-methyl/N-ethyl adjacent to an activating group) is 1. The number of hydrogen-bond donors (Lipinski definition) is 0. The Kier molecular flexibility index (Phi) is 5.41. The lowest BCUT2D eigenvalue weighted by Crippen LogP contribution is -2.33. The highest BCUT2D eigenvalue weighted by molar-refractivity contribution is 7.89. The van der Waals surface area contributed by atoms with Gasteiger partial charge in [0.15, 0.2) is 0 Å². The van der Waals surface area contributed by atoms with Crippen LogP contribution in [0, 0.1) is 0 Å². The third-order valence-electron chi connectivity index (χ3n) is 2.49. The van der Waals surface area contributed by atoms with Gasteiger partial charge in [-0.05, 0) is 19.1 Å². The van der Waals surface area contributed by atoms with Gasteiger partial charge in [0.2, 0.25) is 10.0 Å². The molecule has 1 aromatic rings. The second-order valence-corrected chi connectivity index (χ2v) is 6.29. The SMILES string of the molecule is C=C(C)CN(CC)S(=O)(=O)c1ccccc1OC(F)(F)F. The van der Waals surface area contributed by atoms with Crippen LogP contribution in [-0.2, 0) is 10.0 Å². The van der Waals surface area contributed by atoms with E-state index < -0.39 is 27.0 Å². The maximum Gasteiger partial charge on any atom is 0.573 e. The zero-order valence-electron chi connectivity index (χ0n) is 11.6. The molecule has 0 aliphatic carbocycles.